The molecule has 1 aromatic carbocycles. The second-order valence-electron chi connectivity index (χ2n) is 6.31. The third-order valence-electron chi connectivity index (χ3n) is 4.11. The predicted octanol–water partition coefficient (Wildman–Crippen LogP) is 2.84. The highest BCUT2D eigenvalue weighted by molar-refractivity contribution is 6.32. The number of halogens is 1. The van der Waals surface area contributed by atoms with Crippen LogP contribution in [-0.2, 0) is 0 Å². The van der Waals surface area contributed by atoms with E-state index in [-0.39, 0.29) is 12.1 Å². The van der Waals surface area contributed by atoms with Crippen LogP contribution in [0.25, 0.3) is 0 Å². The van der Waals surface area contributed by atoms with Crippen LogP contribution >= 0.6 is 11.6 Å². The van der Waals surface area contributed by atoms with E-state index in [1.807, 2.05) is 12.1 Å². The van der Waals surface area contributed by atoms with Gasteiger partial charge in [0.15, 0.2) is 11.5 Å². The van der Waals surface area contributed by atoms with Gasteiger partial charge in [-0.05, 0) is 30.0 Å². The molecule has 0 radical (unpaired) electrons. The van der Waals surface area contributed by atoms with Gasteiger partial charge in [-0.15, -0.1) is 0 Å². The maximum atomic E-state index is 6.36. The van der Waals surface area contributed by atoms with Crippen LogP contribution in [0.5, 0.6) is 11.5 Å². The smallest absolute Gasteiger partial charge is 0.179 e. The van der Waals surface area contributed by atoms with Crippen molar-refractivity contribution >= 4 is 11.6 Å². The predicted molar refractivity (Wildman–Crippen MR) is 84.2 cm³/mol. The van der Waals surface area contributed by atoms with Gasteiger partial charge in [0, 0.05) is 19.1 Å². The van der Waals surface area contributed by atoms with Gasteiger partial charge in [-0.25, -0.2) is 0 Å². The Balaban J connectivity index is 1.92. The fraction of sp³-hybridized carbons (Fsp3) is 0.625. The Morgan fingerprint density at radius 3 is 2.86 bits per heavy atom. The van der Waals surface area contributed by atoms with Gasteiger partial charge in [-0.3, -0.25) is 4.90 Å². The summed E-state index contributed by atoms with van der Waals surface area (Å²) in [5.74, 6) is 2.02. The molecule has 0 aromatic heterocycles. The van der Waals surface area contributed by atoms with E-state index in [0.29, 0.717) is 29.9 Å². The van der Waals surface area contributed by atoms with Crippen LogP contribution in [0, 0.1) is 5.92 Å². The average Bonchev–Trinajstić information content (AvgIpc) is 2.79. The molecule has 3 rings (SSSR count). The van der Waals surface area contributed by atoms with Crippen LogP contribution in [0.4, 0.5) is 0 Å². The molecule has 0 amide bonds. The molecule has 1 fully saturated rings. The van der Waals surface area contributed by atoms with Gasteiger partial charge in [0.25, 0.3) is 0 Å². The van der Waals surface area contributed by atoms with E-state index in [2.05, 4.69) is 18.7 Å². The first-order valence-corrected chi connectivity index (χ1v) is 8.02. The number of hydrogen-bond acceptors (Lipinski definition) is 4. The minimum Gasteiger partial charge on any atom is -0.486 e. The van der Waals surface area contributed by atoms with Crippen molar-refractivity contribution in [3.05, 3.63) is 22.7 Å². The minimum atomic E-state index is 0.141. The van der Waals surface area contributed by atoms with Crippen molar-refractivity contribution in [2.45, 2.75) is 32.4 Å². The third-order valence-corrected chi connectivity index (χ3v) is 4.39. The van der Waals surface area contributed by atoms with Crippen LogP contribution in [0.2, 0.25) is 5.02 Å². The first-order chi connectivity index (χ1) is 10.1. The summed E-state index contributed by atoms with van der Waals surface area (Å²) in [4.78, 5) is 2.46. The number of fused-ring (bicyclic) bond motifs is 1. The molecule has 2 aliphatic rings. The lowest BCUT2D eigenvalue weighted by molar-refractivity contribution is 0.170. The molecule has 5 heteroatoms. The summed E-state index contributed by atoms with van der Waals surface area (Å²) in [7, 11) is 0. The topological polar surface area (TPSA) is 47.7 Å². The van der Waals surface area contributed by atoms with Crippen molar-refractivity contribution in [3.8, 4) is 11.5 Å². The third kappa shape index (κ3) is 2.98. The first kappa shape index (κ1) is 14.9. The van der Waals surface area contributed by atoms with Gasteiger partial charge < -0.3 is 15.2 Å². The van der Waals surface area contributed by atoms with Gasteiger partial charge in [0.05, 0.1) is 11.1 Å². The molecule has 21 heavy (non-hydrogen) atoms. The molecule has 2 N–H and O–H groups in total. The van der Waals surface area contributed by atoms with Crippen molar-refractivity contribution in [2.75, 3.05) is 26.3 Å². The Labute approximate surface area is 131 Å². The van der Waals surface area contributed by atoms with Crippen LogP contribution in [-0.4, -0.2) is 37.2 Å². The van der Waals surface area contributed by atoms with Gasteiger partial charge >= 0.3 is 0 Å². The number of rotatable bonds is 3. The van der Waals surface area contributed by atoms with Gasteiger partial charge in [-0.1, -0.05) is 25.4 Å². The van der Waals surface area contributed by atoms with E-state index in [1.165, 1.54) is 0 Å². The van der Waals surface area contributed by atoms with Crippen molar-refractivity contribution in [1.29, 1.82) is 0 Å². The van der Waals surface area contributed by atoms with Crippen molar-refractivity contribution < 1.29 is 9.47 Å². The largest absolute Gasteiger partial charge is 0.486 e. The van der Waals surface area contributed by atoms with Crippen LogP contribution in [0.15, 0.2) is 12.1 Å². The lowest BCUT2D eigenvalue weighted by Crippen LogP contribution is -2.34. The molecule has 116 valence electrons. The Morgan fingerprint density at radius 1 is 1.33 bits per heavy atom. The molecule has 1 saturated heterocycles. The van der Waals surface area contributed by atoms with Crippen LogP contribution in [0.3, 0.4) is 0 Å². The molecule has 2 unspecified atom stereocenters. The lowest BCUT2D eigenvalue weighted by Gasteiger charge is -2.30. The van der Waals surface area contributed by atoms with Gasteiger partial charge in [-0.2, -0.15) is 0 Å². The number of hydrogen-bond donors (Lipinski definition) is 1. The number of ether oxygens (including phenoxy) is 2. The number of nitrogens with zero attached hydrogens (tertiary/aromatic N) is 1. The van der Waals surface area contributed by atoms with Gasteiger partial charge in [0.1, 0.15) is 13.2 Å². The van der Waals surface area contributed by atoms with E-state index in [4.69, 9.17) is 26.8 Å². The molecule has 0 spiro atoms. The fourth-order valence-electron chi connectivity index (χ4n) is 3.32. The minimum absolute atomic E-state index is 0.141. The summed E-state index contributed by atoms with van der Waals surface area (Å²) in [5, 5.41) is 0.616. The fourth-order valence-corrected chi connectivity index (χ4v) is 3.59. The van der Waals surface area contributed by atoms with Crippen LogP contribution < -0.4 is 15.2 Å². The Hall–Kier alpha value is -0.970. The van der Waals surface area contributed by atoms with E-state index in [0.717, 1.165) is 30.8 Å². The zero-order valence-corrected chi connectivity index (χ0v) is 13.4. The zero-order chi connectivity index (χ0) is 15.0. The Kier molecular flexibility index (Phi) is 4.29. The quantitative estimate of drug-likeness (QED) is 0.932. The molecular formula is C16H23ClN2O2. The maximum Gasteiger partial charge on any atom is 0.179 e. The van der Waals surface area contributed by atoms with Crippen molar-refractivity contribution in [1.82, 2.24) is 4.90 Å². The molecule has 2 heterocycles. The summed E-state index contributed by atoms with van der Waals surface area (Å²) >= 11 is 6.36. The SMILES string of the molecule is CC(C)CN1CCC(N)C1c1cc(Cl)c2c(c1)OCCO2. The highest BCUT2D eigenvalue weighted by Crippen LogP contribution is 2.42. The molecule has 1 aromatic rings. The second-order valence-corrected chi connectivity index (χ2v) is 6.72. The molecule has 0 saturated carbocycles. The molecule has 0 aliphatic carbocycles. The molecule has 4 nitrogen and oxygen atoms in total. The van der Waals surface area contributed by atoms with E-state index >= 15 is 0 Å². The van der Waals surface area contributed by atoms with Crippen molar-refractivity contribution in [3.63, 3.8) is 0 Å². The summed E-state index contributed by atoms with van der Waals surface area (Å²) in [6.45, 7) is 7.67. The summed E-state index contributed by atoms with van der Waals surface area (Å²) < 4.78 is 11.3. The summed E-state index contributed by atoms with van der Waals surface area (Å²) in [6, 6.07) is 4.38. The lowest BCUT2D eigenvalue weighted by atomic mass is 9.99. The first-order valence-electron chi connectivity index (χ1n) is 7.65. The Bertz CT molecular complexity index is 521. The van der Waals surface area contributed by atoms with Gasteiger partial charge in [0.2, 0.25) is 0 Å². The highest BCUT2D eigenvalue weighted by Gasteiger charge is 2.34. The zero-order valence-electron chi connectivity index (χ0n) is 12.6. The highest BCUT2D eigenvalue weighted by atomic mass is 35.5. The average molecular weight is 311 g/mol. The van der Waals surface area contributed by atoms with E-state index in [1.54, 1.807) is 0 Å². The Morgan fingerprint density at radius 2 is 2.10 bits per heavy atom. The molecular weight excluding hydrogens is 288 g/mol. The monoisotopic (exact) mass is 310 g/mol. The van der Waals surface area contributed by atoms with Crippen molar-refractivity contribution in [2.24, 2.45) is 11.7 Å². The van der Waals surface area contributed by atoms with E-state index < -0.39 is 0 Å². The maximum absolute atomic E-state index is 6.36. The molecule has 0 bridgehead atoms. The number of likely N-dealkylation sites (tertiary alicyclic amines) is 1. The van der Waals surface area contributed by atoms with Crippen LogP contribution in [0.1, 0.15) is 31.9 Å². The second kappa shape index (κ2) is 6.03. The molecule has 2 atom stereocenters. The summed E-state index contributed by atoms with van der Waals surface area (Å²) in [6.07, 6.45) is 1.02. The number of benzene rings is 1. The summed E-state index contributed by atoms with van der Waals surface area (Å²) in [5.41, 5.74) is 7.48. The standard InChI is InChI=1S/C16H23ClN2O2/c1-10(2)9-19-4-3-13(18)15(19)11-7-12(17)16-14(8-11)20-5-6-21-16/h7-8,10,13,15H,3-6,9,18H2,1-2H3. The number of nitrogens with two attached hydrogens (primary N) is 1. The molecule has 2 aliphatic heterocycles. The normalized spacial score (nSPS) is 25.6. The van der Waals surface area contributed by atoms with E-state index in [9.17, 15) is 0 Å².